The van der Waals surface area contributed by atoms with Crippen LogP contribution in [0.4, 0.5) is 30.7 Å². The molecule has 0 aliphatic carbocycles. The lowest BCUT2D eigenvalue weighted by Gasteiger charge is -2.26. The van der Waals surface area contributed by atoms with Crippen LogP contribution in [0.15, 0.2) is 27.8 Å². The van der Waals surface area contributed by atoms with E-state index in [1.807, 2.05) is 0 Å². The normalized spacial score (nSPS) is 12.8. The van der Waals surface area contributed by atoms with Gasteiger partial charge in [-0.1, -0.05) is 0 Å². The van der Waals surface area contributed by atoms with Crippen LogP contribution in [0.25, 0.3) is 0 Å². The minimum atomic E-state index is -5.47. The van der Waals surface area contributed by atoms with Crippen molar-refractivity contribution in [2.75, 3.05) is 6.54 Å². The molecule has 0 aliphatic rings. The zero-order chi connectivity index (χ0) is 26.2. The van der Waals surface area contributed by atoms with Crippen molar-refractivity contribution in [3.63, 3.8) is 0 Å². The van der Waals surface area contributed by atoms with Crippen LogP contribution in [0.1, 0.15) is 31.9 Å². The van der Waals surface area contributed by atoms with Crippen molar-refractivity contribution in [3.05, 3.63) is 57.3 Å². The summed E-state index contributed by atoms with van der Waals surface area (Å²) >= 11 is 2.33. The largest absolute Gasteiger partial charge is 0.459 e. The van der Waals surface area contributed by atoms with Crippen molar-refractivity contribution in [3.8, 4) is 0 Å². The number of carbonyl (C=O) groups is 1. The standard InChI is InChI=1S/C19H16BrF7N2O4S/c1-18(2,3)33-11(30)8-29(7-9-6-28-5-4-10(9)19(25,26)27)34(31,32)17-12(20)13(21)14(22)15(23)16(17)24/h4-6H,7-8H2,1-3H3. The Balaban J connectivity index is 2.70. The first-order chi connectivity index (χ1) is 15.4. The number of alkyl halides is 3. The van der Waals surface area contributed by atoms with Gasteiger partial charge in [-0.15, -0.1) is 0 Å². The van der Waals surface area contributed by atoms with Gasteiger partial charge in [0.2, 0.25) is 10.0 Å². The maximum Gasteiger partial charge on any atom is 0.416 e. The number of esters is 1. The number of nitrogens with zero attached hydrogens (tertiary/aromatic N) is 2. The van der Waals surface area contributed by atoms with Crippen molar-refractivity contribution < 1.29 is 48.7 Å². The lowest BCUT2D eigenvalue weighted by atomic mass is 10.1. The lowest BCUT2D eigenvalue weighted by Crippen LogP contribution is -2.39. The van der Waals surface area contributed by atoms with E-state index in [0.717, 1.165) is 6.20 Å². The second-order valence-electron chi connectivity index (χ2n) is 7.79. The number of sulfonamides is 1. The number of benzene rings is 1. The molecule has 1 aromatic heterocycles. The first-order valence-electron chi connectivity index (χ1n) is 9.11. The van der Waals surface area contributed by atoms with Gasteiger partial charge in [-0.25, -0.2) is 26.0 Å². The molecule has 0 spiro atoms. The van der Waals surface area contributed by atoms with Crippen LogP contribution in [-0.4, -0.2) is 35.8 Å². The van der Waals surface area contributed by atoms with Gasteiger partial charge in [-0.05, 0) is 48.3 Å². The second-order valence-corrected chi connectivity index (χ2v) is 10.5. The van der Waals surface area contributed by atoms with Gasteiger partial charge >= 0.3 is 12.1 Å². The molecular weight excluding hydrogens is 565 g/mol. The zero-order valence-corrected chi connectivity index (χ0v) is 20.0. The summed E-state index contributed by atoms with van der Waals surface area (Å²) in [5, 5.41) is 0. The first kappa shape index (κ1) is 28.0. The minimum Gasteiger partial charge on any atom is -0.459 e. The molecule has 0 saturated carbocycles. The first-order valence-corrected chi connectivity index (χ1v) is 11.3. The third-order valence-electron chi connectivity index (χ3n) is 4.05. The average molecular weight is 581 g/mol. The summed E-state index contributed by atoms with van der Waals surface area (Å²) in [5.74, 6) is -10.5. The summed E-state index contributed by atoms with van der Waals surface area (Å²) in [7, 11) is -5.47. The molecule has 2 aromatic rings. The fourth-order valence-electron chi connectivity index (χ4n) is 2.70. The predicted octanol–water partition coefficient (Wildman–Crippen LogP) is 4.95. The molecule has 0 unspecified atom stereocenters. The number of carbonyl (C=O) groups excluding carboxylic acids is 1. The number of aromatic nitrogens is 1. The third-order valence-corrected chi connectivity index (χ3v) is 6.89. The number of ether oxygens (including phenoxy) is 1. The van der Waals surface area contributed by atoms with E-state index < -0.39 is 84.6 Å². The van der Waals surface area contributed by atoms with Crippen LogP contribution in [0.3, 0.4) is 0 Å². The highest BCUT2D eigenvalue weighted by molar-refractivity contribution is 9.10. The molecule has 0 radical (unpaired) electrons. The highest BCUT2D eigenvalue weighted by Gasteiger charge is 2.39. The number of rotatable bonds is 6. The van der Waals surface area contributed by atoms with Gasteiger partial charge in [-0.3, -0.25) is 9.78 Å². The van der Waals surface area contributed by atoms with E-state index in [1.54, 1.807) is 0 Å². The molecule has 0 aliphatic heterocycles. The Kier molecular flexibility index (Phi) is 8.04. The molecule has 0 saturated heterocycles. The van der Waals surface area contributed by atoms with Crippen molar-refractivity contribution in [1.29, 1.82) is 0 Å². The average Bonchev–Trinajstić information content (AvgIpc) is 2.68. The van der Waals surface area contributed by atoms with E-state index >= 15 is 0 Å². The molecule has 1 aromatic carbocycles. The van der Waals surface area contributed by atoms with Crippen LogP contribution < -0.4 is 0 Å². The molecule has 0 amide bonds. The Morgan fingerprint density at radius 1 is 1.06 bits per heavy atom. The molecule has 34 heavy (non-hydrogen) atoms. The molecule has 188 valence electrons. The molecule has 15 heteroatoms. The van der Waals surface area contributed by atoms with Gasteiger partial charge in [0.25, 0.3) is 0 Å². The Hall–Kier alpha value is -2.26. The van der Waals surface area contributed by atoms with Crippen molar-refractivity contribution in [2.45, 2.75) is 44.0 Å². The van der Waals surface area contributed by atoms with Crippen molar-refractivity contribution in [2.24, 2.45) is 0 Å². The molecule has 6 nitrogen and oxygen atoms in total. The quantitative estimate of drug-likeness (QED) is 0.209. The summed E-state index contributed by atoms with van der Waals surface area (Å²) in [6.07, 6.45) is -3.54. The SMILES string of the molecule is CC(C)(C)OC(=O)CN(Cc1cnccc1C(F)(F)F)S(=O)(=O)c1c(F)c(F)c(F)c(F)c1Br. The lowest BCUT2D eigenvalue weighted by molar-refractivity contribution is -0.155. The van der Waals surface area contributed by atoms with E-state index in [9.17, 15) is 43.9 Å². The summed E-state index contributed by atoms with van der Waals surface area (Å²) in [4.78, 5) is 14.0. The van der Waals surface area contributed by atoms with Gasteiger partial charge in [0.15, 0.2) is 23.3 Å². The van der Waals surface area contributed by atoms with Gasteiger partial charge in [0, 0.05) is 18.9 Å². The maximum atomic E-state index is 14.4. The van der Waals surface area contributed by atoms with E-state index in [1.165, 1.54) is 20.8 Å². The summed E-state index contributed by atoms with van der Waals surface area (Å²) in [5.41, 5.74) is -3.25. The van der Waals surface area contributed by atoms with Gasteiger partial charge in [0.1, 0.15) is 17.0 Å². The van der Waals surface area contributed by atoms with Crippen LogP contribution in [0.2, 0.25) is 0 Å². The van der Waals surface area contributed by atoms with Crippen LogP contribution in [0.5, 0.6) is 0 Å². The zero-order valence-electron chi connectivity index (χ0n) is 17.6. The third kappa shape index (κ3) is 6.05. The number of pyridine rings is 1. The highest BCUT2D eigenvalue weighted by atomic mass is 79.9. The Labute approximate surface area is 197 Å². The predicted molar refractivity (Wildman–Crippen MR) is 107 cm³/mol. The molecule has 0 fully saturated rings. The number of halogens is 8. The molecular formula is C19H16BrF7N2O4S. The van der Waals surface area contributed by atoms with Gasteiger partial charge in [0.05, 0.1) is 10.0 Å². The van der Waals surface area contributed by atoms with Crippen LogP contribution in [-0.2, 0) is 32.3 Å². The van der Waals surface area contributed by atoms with E-state index in [2.05, 4.69) is 20.9 Å². The second kappa shape index (κ2) is 9.77. The Morgan fingerprint density at radius 3 is 2.15 bits per heavy atom. The van der Waals surface area contributed by atoms with Gasteiger partial charge < -0.3 is 4.74 Å². The fourth-order valence-corrected chi connectivity index (χ4v) is 5.14. The minimum absolute atomic E-state index is 0.00723. The van der Waals surface area contributed by atoms with E-state index in [-0.39, 0.29) is 4.31 Å². The topological polar surface area (TPSA) is 76.6 Å². The van der Waals surface area contributed by atoms with Crippen LogP contribution >= 0.6 is 15.9 Å². The number of hydrogen-bond donors (Lipinski definition) is 0. The van der Waals surface area contributed by atoms with Crippen molar-refractivity contribution >= 4 is 31.9 Å². The Bertz CT molecular complexity index is 1190. The molecule has 0 atom stereocenters. The molecule has 0 N–H and O–H groups in total. The maximum absolute atomic E-state index is 14.4. The van der Waals surface area contributed by atoms with E-state index in [4.69, 9.17) is 4.74 Å². The van der Waals surface area contributed by atoms with Gasteiger partial charge in [-0.2, -0.15) is 17.5 Å². The monoisotopic (exact) mass is 580 g/mol. The summed E-state index contributed by atoms with van der Waals surface area (Å²) in [6.45, 7) is 1.73. The summed E-state index contributed by atoms with van der Waals surface area (Å²) < 4.78 is 126. The molecule has 2 rings (SSSR count). The number of hydrogen-bond acceptors (Lipinski definition) is 5. The van der Waals surface area contributed by atoms with Crippen molar-refractivity contribution in [1.82, 2.24) is 9.29 Å². The molecule has 0 bridgehead atoms. The van der Waals surface area contributed by atoms with Crippen LogP contribution in [0, 0.1) is 23.3 Å². The Morgan fingerprint density at radius 2 is 1.62 bits per heavy atom. The fraction of sp³-hybridized carbons (Fsp3) is 0.368. The van der Waals surface area contributed by atoms with E-state index in [0.29, 0.717) is 12.3 Å². The highest BCUT2D eigenvalue weighted by Crippen LogP contribution is 2.36. The summed E-state index contributed by atoms with van der Waals surface area (Å²) in [6, 6.07) is 0.529. The smallest absolute Gasteiger partial charge is 0.416 e. The molecule has 1 heterocycles.